The molecule has 0 aliphatic heterocycles. The van der Waals surface area contributed by atoms with Crippen molar-refractivity contribution in [3.8, 4) is 22.6 Å². The lowest BCUT2D eigenvalue weighted by Gasteiger charge is -2.12. The zero-order valence-electron chi connectivity index (χ0n) is 22.0. The summed E-state index contributed by atoms with van der Waals surface area (Å²) in [6.45, 7) is 0. The van der Waals surface area contributed by atoms with Crippen LogP contribution in [0.1, 0.15) is 0 Å². The minimum atomic E-state index is 0.731. The first-order valence-electron chi connectivity index (χ1n) is 13.8. The van der Waals surface area contributed by atoms with Crippen LogP contribution in [-0.4, -0.2) is 9.97 Å². The van der Waals surface area contributed by atoms with Crippen LogP contribution in [-0.2, 0) is 0 Å². The molecule has 0 fully saturated rings. The van der Waals surface area contributed by atoms with Gasteiger partial charge in [-0.3, -0.25) is 0 Å². The Morgan fingerprint density at radius 2 is 1.15 bits per heavy atom. The van der Waals surface area contributed by atoms with E-state index >= 15 is 0 Å². The molecule has 3 nitrogen and oxygen atoms in total. The maximum Gasteiger partial charge on any atom is 0.160 e. The van der Waals surface area contributed by atoms with Crippen molar-refractivity contribution >= 4 is 65.2 Å². The largest absolute Gasteiger partial charge is 0.456 e. The third kappa shape index (κ3) is 3.39. The number of furan rings is 1. The molecule has 0 spiro atoms. The van der Waals surface area contributed by atoms with Gasteiger partial charge < -0.3 is 4.42 Å². The molecule has 41 heavy (non-hydrogen) atoms. The molecule has 3 heteroatoms. The summed E-state index contributed by atoms with van der Waals surface area (Å²) in [5.41, 5.74) is 5.82. The van der Waals surface area contributed by atoms with E-state index < -0.39 is 0 Å². The Bertz CT molecular complexity index is 2470. The van der Waals surface area contributed by atoms with Crippen molar-refractivity contribution in [3.05, 3.63) is 133 Å². The Morgan fingerprint density at radius 3 is 2.02 bits per heavy atom. The van der Waals surface area contributed by atoms with Gasteiger partial charge in [-0.25, -0.2) is 9.97 Å². The van der Waals surface area contributed by atoms with Gasteiger partial charge in [0.1, 0.15) is 11.2 Å². The normalized spacial score (nSPS) is 11.9. The SMILES string of the molecule is c1ccc(-c2nc(-c3ccc4c(ccc5ccc6cc7oc8ccccc8c7cc6c54)c3)nc3ccccc23)cc1. The molecule has 0 N–H and O–H groups in total. The monoisotopic (exact) mass is 522 g/mol. The van der Waals surface area contributed by atoms with Crippen LogP contribution in [0.15, 0.2) is 138 Å². The van der Waals surface area contributed by atoms with E-state index in [-0.39, 0.29) is 0 Å². The van der Waals surface area contributed by atoms with Crippen molar-refractivity contribution < 1.29 is 4.42 Å². The molecular weight excluding hydrogens is 500 g/mol. The second-order valence-electron chi connectivity index (χ2n) is 10.6. The summed E-state index contributed by atoms with van der Waals surface area (Å²) in [6.07, 6.45) is 0. The van der Waals surface area contributed by atoms with Gasteiger partial charge in [-0.2, -0.15) is 0 Å². The van der Waals surface area contributed by atoms with Gasteiger partial charge in [0.15, 0.2) is 5.82 Å². The Balaban J connectivity index is 1.29. The summed E-state index contributed by atoms with van der Waals surface area (Å²) in [5, 5.41) is 10.6. The molecular formula is C38H22N2O. The number of rotatable bonds is 2. The highest BCUT2D eigenvalue weighted by molar-refractivity contribution is 6.23. The molecule has 0 saturated heterocycles. The third-order valence-electron chi connectivity index (χ3n) is 8.22. The van der Waals surface area contributed by atoms with Crippen molar-refractivity contribution in [2.75, 3.05) is 0 Å². The number of aromatic nitrogens is 2. The minimum absolute atomic E-state index is 0.731. The van der Waals surface area contributed by atoms with E-state index in [0.717, 1.165) is 60.9 Å². The fraction of sp³-hybridized carbons (Fsp3) is 0. The molecule has 9 rings (SSSR count). The highest BCUT2D eigenvalue weighted by Gasteiger charge is 2.14. The number of fused-ring (bicyclic) bond motifs is 9. The summed E-state index contributed by atoms with van der Waals surface area (Å²) in [7, 11) is 0. The minimum Gasteiger partial charge on any atom is -0.456 e. The molecule has 0 saturated carbocycles. The lowest BCUT2D eigenvalue weighted by Crippen LogP contribution is -1.95. The molecule has 0 unspecified atom stereocenters. The summed E-state index contributed by atoms with van der Waals surface area (Å²) >= 11 is 0. The van der Waals surface area contributed by atoms with E-state index in [1.54, 1.807) is 0 Å². The van der Waals surface area contributed by atoms with Crippen LogP contribution in [0, 0.1) is 0 Å². The van der Waals surface area contributed by atoms with Crippen LogP contribution in [0.4, 0.5) is 0 Å². The highest BCUT2D eigenvalue weighted by atomic mass is 16.3. The summed E-state index contributed by atoms with van der Waals surface area (Å²) < 4.78 is 6.18. The van der Waals surface area contributed by atoms with Gasteiger partial charge in [-0.1, -0.05) is 103 Å². The highest BCUT2D eigenvalue weighted by Crippen LogP contribution is 2.38. The van der Waals surface area contributed by atoms with Crippen LogP contribution in [0.5, 0.6) is 0 Å². The predicted octanol–water partition coefficient (Wildman–Crippen LogP) is 10.3. The first-order valence-corrected chi connectivity index (χ1v) is 13.8. The van der Waals surface area contributed by atoms with Crippen molar-refractivity contribution in [1.29, 1.82) is 0 Å². The summed E-state index contributed by atoms with van der Waals surface area (Å²) in [4.78, 5) is 10.1. The Morgan fingerprint density at radius 1 is 0.415 bits per heavy atom. The van der Waals surface area contributed by atoms with E-state index in [1.165, 1.54) is 26.9 Å². The molecule has 2 aromatic heterocycles. The molecule has 0 atom stereocenters. The van der Waals surface area contributed by atoms with Crippen molar-refractivity contribution in [2.24, 2.45) is 0 Å². The molecule has 0 radical (unpaired) electrons. The maximum atomic E-state index is 6.18. The van der Waals surface area contributed by atoms with Gasteiger partial charge in [0.25, 0.3) is 0 Å². The van der Waals surface area contributed by atoms with Crippen LogP contribution in [0.25, 0.3) is 87.8 Å². The Labute approximate surface area is 235 Å². The average Bonchev–Trinajstić information content (AvgIpc) is 3.40. The van der Waals surface area contributed by atoms with Crippen LogP contribution < -0.4 is 0 Å². The lowest BCUT2D eigenvalue weighted by atomic mass is 9.94. The molecule has 0 bridgehead atoms. The predicted molar refractivity (Wildman–Crippen MR) is 170 cm³/mol. The van der Waals surface area contributed by atoms with Crippen LogP contribution >= 0.6 is 0 Å². The number of nitrogens with zero attached hydrogens (tertiary/aromatic N) is 2. The summed E-state index contributed by atoms with van der Waals surface area (Å²) in [5.74, 6) is 0.731. The zero-order chi connectivity index (χ0) is 26.9. The fourth-order valence-corrected chi connectivity index (χ4v) is 6.27. The molecule has 2 heterocycles. The van der Waals surface area contributed by atoms with Crippen molar-refractivity contribution in [1.82, 2.24) is 9.97 Å². The molecule has 9 aromatic rings. The number of benzene rings is 7. The van der Waals surface area contributed by atoms with Gasteiger partial charge in [0.2, 0.25) is 0 Å². The van der Waals surface area contributed by atoms with Crippen LogP contribution in [0.2, 0.25) is 0 Å². The van der Waals surface area contributed by atoms with E-state index in [4.69, 9.17) is 14.4 Å². The molecule has 190 valence electrons. The van der Waals surface area contributed by atoms with Gasteiger partial charge in [0.05, 0.1) is 11.2 Å². The quantitative estimate of drug-likeness (QED) is 0.212. The number of para-hydroxylation sites is 2. The molecule has 0 aliphatic carbocycles. The lowest BCUT2D eigenvalue weighted by molar-refractivity contribution is 0.669. The summed E-state index contributed by atoms with van der Waals surface area (Å²) in [6, 6.07) is 46.7. The standard InChI is InChI=1S/C38H22N2O/c1-2-8-24(9-3-1)37-30-11-4-6-12-33(30)39-38(40-37)27-18-19-28-25(20-27)16-14-23-15-17-26-21-35-32(22-31(26)36(23)28)29-10-5-7-13-34(29)41-35/h1-22H. The maximum absolute atomic E-state index is 6.18. The average molecular weight is 523 g/mol. The van der Waals surface area contributed by atoms with Gasteiger partial charge in [-0.05, 0) is 62.6 Å². The number of hydrogen-bond donors (Lipinski definition) is 0. The molecule has 7 aromatic carbocycles. The molecule has 0 aliphatic rings. The smallest absolute Gasteiger partial charge is 0.160 e. The molecule has 0 amide bonds. The van der Waals surface area contributed by atoms with Crippen molar-refractivity contribution in [3.63, 3.8) is 0 Å². The van der Waals surface area contributed by atoms with Gasteiger partial charge in [-0.15, -0.1) is 0 Å². The van der Waals surface area contributed by atoms with Crippen molar-refractivity contribution in [2.45, 2.75) is 0 Å². The Hall–Kier alpha value is -5.54. The van der Waals surface area contributed by atoms with E-state index in [2.05, 4.69) is 103 Å². The van der Waals surface area contributed by atoms with Gasteiger partial charge >= 0.3 is 0 Å². The van der Waals surface area contributed by atoms with Gasteiger partial charge in [0, 0.05) is 27.3 Å². The second-order valence-corrected chi connectivity index (χ2v) is 10.6. The zero-order valence-corrected chi connectivity index (χ0v) is 22.0. The van der Waals surface area contributed by atoms with E-state index in [9.17, 15) is 0 Å². The first kappa shape index (κ1) is 22.3. The third-order valence-corrected chi connectivity index (χ3v) is 8.22. The van der Waals surface area contributed by atoms with E-state index in [1.807, 2.05) is 30.3 Å². The van der Waals surface area contributed by atoms with E-state index in [0.29, 0.717) is 0 Å². The van der Waals surface area contributed by atoms with Crippen LogP contribution in [0.3, 0.4) is 0 Å². The Kier molecular flexibility index (Phi) is 4.61. The second kappa shape index (κ2) is 8.48. The fourth-order valence-electron chi connectivity index (χ4n) is 6.27. The first-order chi connectivity index (χ1) is 20.3. The number of hydrogen-bond acceptors (Lipinski definition) is 3. The topological polar surface area (TPSA) is 38.9 Å².